The minimum Gasteiger partial charge on any atom is -0.342 e. The van der Waals surface area contributed by atoms with Crippen LogP contribution in [-0.2, 0) is 21.0 Å². The smallest absolute Gasteiger partial charge is 0.342 e. The van der Waals surface area contributed by atoms with Gasteiger partial charge in [-0.05, 0) is 44.9 Å². The molecule has 1 aliphatic heterocycles. The number of hydrogen-bond acceptors (Lipinski definition) is 3. The molecule has 1 fully saturated rings. The maximum Gasteiger partial charge on any atom is 0.417 e. The van der Waals surface area contributed by atoms with E-state index in [2.05, 4.69) is 20.7 Å². The van der Waals surface area contributed by atoms with E-state index in [4.69, 9.17) is 0 Å². The lowest BCUT2D eigenvalue weighted by Gasteiger charge is -2.33. The number of nitrogens with zero attached hydrogens (tertiary/aromatic N) is 1. The number of halogens is 4. The molecule has 0 bridgehead atoms. The van der Waals surface area contributed by atoms with Crippen LogP contribution in [0.25, 0.3) is 0 Å². The Labute approximate surface area is 159 Å². The number of piperidine rings is 1. The fourth-order valence-corrected chi connectivity index (χ4v) is 4.63. The lowest BCUT2D eigenvalue weighted by atomic mass is 10.0. The van der Waals surface area contributed by atoms with Crippen LogP contribution in [0.3, 0.4) is 0 Å². The van der Waals surface area contributed by atoms with E-state index < -0.39 is 32.7 Å². The molecule has 0 aliphatic carbocycles. The number of carbonyl (C=O) groups excluding carboxylic acids is 1. The zero-order valence-electron chi connectivity index (χ0n) is 14.2. The Bertz CT molecular complexity index is 773. The molecule has 1 saturated heterocycles. The third-order valence-electron chi connectivity index (χ3n) is 4.07. The monoisotopic (exact) mass is 455 g/mol. The first-order valence-electron chi connectivity index (χ1n) is 7.90. The predicted molar refractivity (Wildman–Crippen MR) is 93.7 cm³/mol. The first kappa shape index (κ1) is 21.2. The van der Waals surface area contributed by atoms with Crippen molar-refractivity contribution in [2.45, 2.75) is 43.8 Å². The van der Waals surface area contributed by atoms with Crippen LogP contribution in [0.1, 0.15) is 32.3 Å². The van der Waals surface area contributed by atoms with Gasteiger partial charge in [0.15, 0.2) is 0 Å². The quantitative estimate of drug-likeness (QED) is 0.756. The van der Waals surface area contributed by atoms with Gasteiger partial charge in [0.05, 0.1) is 16.4 Å². The molecular formula is C16H19BrF3N2O3S. The Morgan fingerprint density at radius 1 is 1.23 bits per heavy atom. The molecule has 26 heavy (non-hydrogen) atoms. The molecule has 0 atom stereocenters. The van der Waals surface area contributed by atoms with Crippen molar-refractivity contribution in [3.8, 4) is 0 Å². The summed E-state index contributed by atoms with van der Waals surface area (Å²) in [5.41, 5.74) is -1.22. The fraction of sp³-hybridized carbons (Fsp3) is 0.500. The van der Waals surface area contributed by atoms with Crippen LogP contribution >= 0.6 is 15.9 Å². The van der Waals surface area contributed by atoms with Crippen molar-refractivity contribution >= 4 is 31.9 Å². The Balaban J connectivity index is 2.15. The van der Waals surface area contributed by atoms with Gasteiger partial charge in [-0.1, -0.05) is 15.9 Å². The Hall–Kier alpha value is -1.13. The number of alkyl halides is 3. The van der Waals surface area contributed by atoms with E-state index in [0.29, 0.717) is 31.8 Å². The second kappa shape index (κ2) is 7.85. The van der Waals surface area contributed by atoms with Gasteiger partial charge in [-0.15, -0.1) is 0 Å². The van der Waals surface area contributed by atoms with E-state index in [0.717, 1.165) is 12.1 Å². The van der Waals surface area contributed by atoms with Crippen molar-refractivity contribution in [3.05, 3.63) is 34.2 Å². The van der Waals surface area contributed by atoms with Crippen molar-refractivity contribution in [1.82, 2.24) is 9.62 Å². The zero-order valence-corrected chi connectivity index (χ0v) is 16.6. The Kier molecular flexibility index (Phi) is 6.40. The Morgan fingerprint density at radius 2 is 1.81 bits per heavy atom. The summed E-state index contributed by atoms with van der Waals surface area (Å²) in [6, 6.07) is 2.41. The molecule has 145 valence electrons. The van der Waals surface area contributed by atoms with Crippen LogP contribution < -0.4 is 4.72 Å². The van der Waals surface area contributed by atoms with E-state index in [-0.39, 0.29) is 10.4 Å². The highest BCUT2D eigenvalue weighted by Crippen LogP contribution is 2.36. The van der Waals surface area contributed by atoms with Crippen molar-refractivity contribution in [1.29, 1.82) is 0 Å². The van der Waals surface area contributed by atoms with Gasteiger partial charge in [0, 0.05) is 23.6 Å². The van der Waals surface area contributed by atoms with E-state index >= 15 is 0 Å². The third-order valence-corrected chi connectivity index (χ3v) is 6.14. The number of likely N-dealkylation sites (tertiary alicyclic amines) is 1. The van der Waals surface area contributed by atoms with E-state index in [9.17, 15) is 26.4 Å². The maximum atomic E-state index is 13.2. The van der Waals surface area contributed by atoms with Gasteiger partial charge in [0.1, 0.15) is 0 Å². The first-order valence-corrected chi connectivity index (χ1v) is 10.2. The van der Waals surface area contributed by atoms with Gasteiger partial charge in [0.25, 0.3) is 0 Å². The number of hydrogen-bond donors (Lipinski definition) is 1. The molecule has 0 unspecified atom stereocenters. The van der Waals surface area contributed by atoms with Gasteiger partial charge in [-0.3, -0.25) is 4.79 Å². The van der Waals surface area contributed by atoms with Crippen LogP contribution in [0.4, 0.5) is 13.2 Å². The second-order valence-electron chi connectivity index (χ2n) is 6.33. The molecular weight excluding hydrogens is 437 g/mol. The summed E-state index contributed by atoms with van der Waals surface area (Å²) in [5, 5.41) is 0. The summed E-state index contributed by atoms with van der Waals surface area (Å²) >= 11 is 2.93. The minimum absolute atomic E-state index is 0.0985. The average Bonchev–Trinajstić information content (AvgIpc) is 2.53. The highest BCUT2D eigenvalue weighted by molar-refractivity contribution is 9.10. The van der Waals surface area contributed by atoms with Crippen LogP contribution in [0, 0.1) is 5.92 Å². The molecule has 1 heterocycles. The van der Waals surface area contributed by atoms with E-state index in [1.54, 1.807) is 18.7 Å². The Morgan fingerprint density at radius 3 is 2.31 bits per heavy atom. The number of rotatable bonds is 4. The highest BCUT2D eigenvalue weighted by Gasteiger charge is 2.38. The molecule has 1 aromatic rings. The van der Waals surface area contributed by atoms with Crippen molar-refractivity contribution in [2.24, 2.45) is 0 Å². The van der Waals surface area contributed by atoms with Gasteiger partial charge < -0.3 is 4.90 Å². The van der Waals surface area contributed by atoms with Crippen LogP contribution in [0.5, 0.6) is 0 Å². The summed E-state index contributed by atoms with van der Waals surface area (Å²) in [7, 11) is -4.34. The molecule has 1 aliphatic rings. The van der Waals surface area contributed by atoms with Crippen LogP contribution in [0.2, 0.25) is 0 Å². The lowest BCUT2D eigenvalue weighted by molar-refractivity contribution is -0.140. The zero-order chi connectivity index (χ0) is 19.7. The number of sulfonamides is 1. The first-order chi connectivity index (χ1) is 11.9. The van der Waals surface area contributed by atoms with Crippen LogP contribution in [0.15, 0.2) is 27.6 Å². The SMILES string of the molecule is C[C](C)C(=O)N1CCC(NS(=O)(=O)c2ccc(Br)cc2C(F)(F)F)CC1. The van der Waals surface area contributed by atoms with Crippen molar-refractivity contribution < 1.29 is 26.4 Å². The second-order valence-corrected chi connectivity index (χ2v) is 8.92. The molecule has 2 rings (SSSR count). The molecule has 1 amide bonds. The summed E-state index contributed by atoms with van der Waals surface area (Å²) in [4.78, 5) is 12.7. The average molecular weight is 456 g/mol. The molecule has 1 radical (unpaired) electrons. The largest absolute Gasteiger partial charge is 0.417 e. The van der Waals surface area contributed by atoms with Gasteiger partial charge in [0.2, 0.25) is 15.9 Å². The molecule has 1 aromatic carbocycles. The van der Waals surface area contributed by atoms with E-state index in [1.165, 1.54) is 6.07 Å². The van der Waals surface area contributed by atoms with Crippen molar-refractivity contribution in [2.75, 3.05) is 13.1 Å². The molecule has 0 saturated carbocycles. The fourth-order valence-electron chi connectivity index (χ4n) is 2.76. The van der Waals surface area contributed by atoms with Crippen molar-refractivity contribution in [3.63, 3.8) is 0 Å². The third kappa shape index (κ3) is 4.98. The lowest BCUT2D eigenvalue weighted by Crippen LogP contribution is -2.47. The van der Waals surface area contributed by atoms with Gasteiger partial charge >= 0.3 is 6.18 Å². The number of amides is 1. The standard InChI is InChI=1S/C16H19BrF3N2O3S/c1-10(2)15(23)22-7-5-12(6-8-22)21-26(24,25)14-4-3-11(17)9-13(14)16(18,19)20/h3-4,9,12,21H,5-8H2,1-2H3. The number of nitrogens with one attached hydrogen (secondary N) is 1. The molecule has 0 aromatic heterocycles. The van der Waals surface area contributed by atoms with Gasteiger partial charge in [-0.25, -0.2) is 13.1 Å². The van der Waals surface area contributed by atoms with Gasteiger partial charge in [-0.2, -0.15) is 13.2 Å². The maximum absolute atomic E-state index is 13.2. The summed E-state index contributed by atoms with van der Waals surface area (Å²) in [6.07, 6.45) is -4.11. The topological polar surface area (TPSA) is 66.5 Å². The molecule has 1 N–H and O–H groups in total. The highest BCUT2D eigenvalue weighted by atomic mass is 79.9. The number of carbonyl (C=O) groups is 1. The summed E-state index contributed by atoms with van der Waals surface area (Å²) < 4.78 is 67.0. The molecule has 0 spiro atoms. The number of benzene rings is 1. The summed E-state index contributed by atoms with van der Waals surface area (Å²) in [6.45, 7) is 4.10. The normalized spacial score (nSPS) is 17.0. The molecule has 5 nitrogen and oxygen atoms in total. The molecule has 10 heteroatoms. The van der Waals surface area contributed by atoms with Crippen LogP contribution in [-0.4, -0.2) is 38.4 Å². The minimum atomic E-state index is -4.79. The predicted octanol–water partition coefficient (Wildman–Crippen LogP) is 3.35. The van der Waals surface area contributed by atoms with E-state index in [1.807, 2.05) is 0 Å². The summed E-state index contributed by atoms with van der Waals surface area (Å²) in [5.74, 6) is 0.535.